The van der Waals surface area contributed by atoms with Crippen LogP contribution in [0.25, 0.3) is 33.2 Å². The van der Waals surface area contributed by atoms with Crippen molar-refractivity contribution in [3.8, 4) is 22.3 Å². The summed E-state index contributed by atoms with van der Waals surface area (Å²) in [5, 5.41) is 3.98. The first-order valence-corrected chi connectivity index (χ1v) is 9.09. The Morgan fingerprint density at radius 2 is 1.56 bits per heavy atom. The lowest BCUT2D eigenvalue weighted by Gasteiger charge is -2.14. The van der Waals surface area contributed by atoms with Gasteiger partial charge in [-0.15, -0.1) is 0 Å². The van der Waals surface area contributed by atoms with Gasteiger partial charge < -0.3 is 5.32 Å². The fraction of sp³-hybridized carbons (Fsp3) is 0.0833. The van der Waals surface area contributed by atoms with Crippen molar-refractivity contribution in [3.05, 3.63) is 85.1 Å². The van der Waals surface area contributed by atoms with Crippen LogP contribution in [-0.2, 0) is 4.79 Å². The smallest absolute Gasteiger partial charge is 0.224 e. The van der Waals surface area contributed by atoms with Crippen LogP contribution >= 0.6 is 0 Å². The summed E-state index contributed by atoms with van der Waals surface area (Å²) in [6.45, 7) is 1.85. The maximum absolute atomic E-state index is 11.8. The molecule has 1 heterocycles. The molecule has 1 amide bonds. The summed E-state index contributed by atoms with van der Waals surface area (Å²) >= 11 is 0. The first-order chi connectivity index (χ1) is 13.3. The zero-order valence-corrected chi connectivity index (χ0v) is 15.1. The van der Waals surface area contributed by atoms with E-state index in [9.17, 15) is 4.79 Å². The summed E-state index contributed by atoms with van der Waals surface area (Å²) in [6, 6.07) is 26.5. The van der Waals surface area contributed by atoms with Crippen LogP contribution in [0.4, 0.5) is 5.69 Å². The molecule has 0 aliphatic heterocycles. The van der Waals surface area contributed by atoms with Crippen molar-refractivity contribution in [2.45, 2.75) is 13.3 Å². The Morgan fingerprint density at radius 1 is 0.889 bits per heavy atom. The first kappa shape index (κ1) is 17.0. The third-order valence-corrected chi connectivity index (χ3v) is 4.62. The van der Waals surface area contributed by atoms with Crippen molar-refractivity contribution in [2.24, 2.45) is 0 Å². The maximum Gasteiger partial charge on any atom is 0.224 e. The highest BCUT2D eigenvalue weighted by Gasteiger charge is 2.13. The van der Waals surface area contributed by atoms with Crippen molar-refractivity contribution in [3.63, 3.8) is 0 Å². The van der Waals surface area contributed by atoms with Gasteiger partial charge >= 0.3 is 0 Å². The lowest BCUT2D eigenvalue weighted by atomic mass is 9.92. The number of carbonyl (C=O) groups excluding carboxylic acids is 1. The largest absolute Gasteiger partial charge is 0.326 e. The van der Waals surface area contributed by atoms with E-state index < -0.39 is 0 Å². The van der Waals surface area contributed by atoms with Gasteiger partial charge in [-0.3, -0.25) is 9.78 Å². The second kappa shape index (κ2) is 7.42. The van der Waals surface area contributed by atoms with Crippen LogP contribution in [0.3, 0.4) is 0 Å². The molecule has 0 atom stereocenters. The molecular weight excluding hydrogens is 332 g/mol. The molecular formula is C24H20N2O. The molecule has 1 aromatic heterocycles. The van der Waals surface area contributed by atoms with Crippen LogP contribution in [0.1, 0.15) is 13.3 Å². The quantitative estimate of drug-likeness (QED) is 0.495. The van der Waals surface area contributed by atoms with Gasteiger partial charge in [-0.2, -0.15) is 0 Å². The van der Waals surface area contributed by atoms with Crippen LogP contribution in [-0.4, -0.2) is 10.9 Å². The van der Waals surface area contributed by atoms with E-state index in [-0.39, 0.29) is 5.91 Å². The zero-order valence-electron chi connectivity index (χ0n) is 15.1. The summed E-state index contributed by atoms with van der Waals surface area (Å²) in [5.74, 6) is 0.00258. The third kappa shape index (κ3) is 3.44. The van der Waals surface area contributed by atoms with Gasteiger partial charge in [0.25, 0.3) is 0 Å². The number of fused-ring (bicyclic) bond motifs is 1. The number of pyridine rings is 1. The Kier molecular flexibility index (Phi) is 4.67. The molecule has 0 aliphatic carbocycles. The number of nitrogens with one attached hydrogen (secondary N) is 1. The minimum absolute atomic E-state index is 0.00258. The number of benzene rings is 3. The molecule has 132 valence electrons. The number of carbonyl (C=O) groups is 1. The van der Waals surface area contributed by atoms with Gasteiger partial charge in [-0.05, 0) is 29.3 Å². The Bertz CT molecular complexity index is 1090. The minimum Gasteiger partial charge on any atom is -0.326 e. The Labute approximate surface area is 158 Å². The molecule has 0 bridgehead atoms. The van der Waals surface area contributed by atoms with Gasteiger partial charge in [0.2, 0.25) is 5.91 Å². The van der Waals surface area contributed by atoms with E-state index in [1.807, 2.05) is 67.7 Å². The van der Waals surface area contributed by atoms with Crippen LogP contribution in [0.15, 0.2) is 85.1 Å². The average Bonchev–Trinajstić information content (AvgIpc) is 2.74. The molecule has 27 heavy (non-hydrogen) atoms. The van der Waals surface area contributed by atoms with Crippen molar-refractivity contribution < 1.29 is 4.79 Å². The van der Waals surface area contributed by atoms with E-state index in [4.69, 9.17) is 0 Å². The van der Waals surface area contributed by atoms with Crippen molar-refractivity contribution in [1.29, 1.82) is 0 Å². The SMILES string of the molecule is CCC(=O)Nc1ccc2ncc(-c3ccccc3)c(-c3ccccc3)c2c1. The van der Waals surface area contributed by atoms with Gasteiger partial charge in [0.05, 0.1) is 5.52 Å². The van der Waals surface area contributed by atoms with Gasteiger partial charge in [0.1, 0.15) is 0 Å². The van der Waals surface area contributed by atoms with Gasteiger partial charge in [0, 0.05) is 34.8 Å². The third-order valence-electron chi connectivity index (χ3n) is 4.62. The summed E-state index contributed by atoms with van der Waals surface area (Å²) in [4.78, 5) is 16.5. The van der Waals surface area contributed by atoms with Gasteiger partial charge in [-0.1, -0.05) is 67.6 Å². The highest BCUT2D eigenvalue weighted by molar-refractivity contribution is 6.04. The predicted octanol–water partition coefficient (Wildman–Crippen LogP) is 5.92. The molecule has 0 unspecified atom stereocenters. The molecule has 3 nitrogen and oxygen atoms in total. The number of nitrogens with zero attached hydrogens (tertiary/aromatic N) is 1. The Morgan fingerprint density at radius 3 is 2.22 bits per heavy atom. The molecule has 0 aliphatic rings. The minimum atomic E-state index is 0.00258. The molecule has 0 spiro atoms. The van der Waals surface area contributed by atoms with Crippen LogP contribution in [0.5, 0.6) is 0 Å². The highest BCUT2D eigenvalue weighted by Crippen LogP contribution is 2.37. The predicted molar refractivity (Wildman–Crippen MR) is 112 cm³/mol. The number of anilines is 1. The molecule has 0 fully saturated rings. The molecule has 4 aromatic rings. The zero-order chi connectivity index (χ0) is 18.6. The summed E-state index contributed by atoms with van der Waals surface area (Å²) in [6.07, 6.45) is 2.39. The van der Waals surface area contributed by atoms with Crippen molar-refractivity contribution in [2.75, 3.05) is 5.32 Å². The summed E-state index contributed by atoms with van der Waals surface area (Å²) < 4.78 is 0. The Balaban J connectivity index is 1.99. The number of hydrogen-bond acceptors (Lipinski definition) is 2. The average molecular weight is 352 g/mol. The maximum atomic E-state index is 11.8. The van der Waals surface area contributed by atoms with Crippen LogP contribution in [0.2, 0.25) is 0 Å². The molecule has 1 N–H and O–H groups in total. The summed E-state index contributed by atoms with van der Waals surface area (Å²) in [7, 11) is 0. The second-order valence-corrected chi connectivity index (χ2v) is 6.41. The van der Waals surface area contributed by atoms with E-state index in [2.05, 4.69) is 34.6 Å². The van der Waals surface area contributed by atoms with Crippen molar-refractivity contribution >= 4 is 22.5 Å². The lowest BCUT2D eigenvalue weighted by molar-refractivity contribution is -0.115. The molecule has 0 saturated heterocycles. The van der Waals surface area contributed by atoms with E-state index in [0.29, 0.717) is 6.42 Å². The fourth-order valence-corrected chi connectivity index (χ4v) is 3.27. The second-order valence-electron chi connectivity index (χ2n) is 6.41. The fourth-order valence-electron chi connectivity index (χ4n) is 3.27. The first-order valence-electron chi connectivity index (χ1n) is 9.09. The van der Waals surface area contributed by atoms with Crippen molar-refractivity contribution in [1.82, 2.24) is 4.98 Å². The van der Waals surface area contributed by atoms with E-state index in [0.717, 1.165) is 38.8 Å². The Hall–Kier alpha value is -3.46. The number of amides is 1. The number of rotatable bonds is 4. The topological polar surface area (TPSA) is 42.0 Å². The molecule has 3 heteroatoms. The molecule has 0 saturated carbocycles. The number of hydrogen-bond donors (Lipinski definition) is 1. The van der Waals surface area contributed by atoms with Gasteiger partial charge in [0.15, 0.2) is 0 Å². The van der Waals surface area contributed by atoms with E-state index >= 15 is 0 Å². The summed E-state index contributed by atoms with van der Waals surface area (Å²) in [5.41, 5.74) is 6.14. The van der Waals surface area contributed by atoms with Gasteiger partial charge in [-0.25, -0.2) is 0 Å². The van der Waals surface area contributed by atoms with E-state index in [1.165, 1.54) is 0 Å². The lowest BCUT2D eigenvalue weighted by Crippen LogP contribution is -2.09. The van der Waals surface area contributed by atoms with Crippen LogP contribution < -0.4 is 5.32 Å². The normalized spacial score (nSPS) is 10.7. The molecule has 3 aromatic carbocycles. The molecule has 0 radical (unpaired) electrons. The van der Waals surface area contributed by atoms with E-state index in [1.54, 1.807) is 0 Å². The monoisotopic (exact) mass is 352 g/mol. The highest BCUT2D eigenvalue weighted by atomic mass is 16.1. The van der Waals surface area contributed by atoms with Crippen LogP contribution in [0, 0.1) is 0 Å². The number of aromatic nitrogens is 1. The standard InChI is InChI=1S/C24H20N2O/c1-2-23(27)26-19-13-14-22-20(15-19)24(18-11-7-4-8-12-18)21(16-25-22)17-9-5-3-6-10-17/h3-16H,2H2,1H3,(H,26,27). The molecule has 4 rings (SSSR count).